The van der Waals surface area contributed by atoms with E-state index < -0.39 is 17.3 Å². The standard InChI is InChI=1S/C21H26F3N3O2/c1-20(29,14-7-2-3-8-14)12-17(28)25-19-18(13-5-4-6-13)16-11-15(21(22,23)24)9-10-27(16)26-19/h9-11,13-14,29H,2-8,12H2,1H3,(H,25,26,28). The van der Waals surface area contributed by atoms with E-state index in [0.29, 0.717) is 16.9 Å². The third-order valence-electron chi connectivity index (χ3n) is 6.52. The molecule has 2 fully saturated rings. The number of halogens is 3. The van der Waals surface area contributed by atoms with Crippen molar-refractivity contribution in [2.24, 2.45) is 5.92 Å². The molecule has 0 saturated heterocycles. The average molecular weight is 409 g/mol. The lowest BCUT2D eigenvalue weighted by Gasteiger charge is -2.29. The molecule has 2 aliphatic rings. The zero-order valence-electron chi connectivity index (χ0n) is 16.4. The fourth-order valence-corrected chi connectivity index (χ4v) is 4.63. The molecule has 2 heterocycles. The van der Waals surface area contributed by atoms with Crippen LogP contribution in [0, 0.1) is 5.92 Å². The first kappa shape index (κ1) is 20.2. The van der Waals surface area contributed by atoms with Crippen molar-refractivity contribution in [1.29, 1.82) is 0 Å². The third kappa shape index (κ3) is 3.99. The summed E-state index contributed by atoms with van der Waals surface area (Å²) >= 11 is 0. The van der Waals surface area contributed by atoms with Gasteiger partial charge < -0.3 is 10.4 Å². The lowest BCUT2D eigenvalue weighted by Crippen LogP contribution is -2.37. The molecule has 0 bridgehead atoms. The van der Waals surface area contributed by atoms with Crippen LogP contribution in [0.5, 0.6) is 0 Å². The maximum atomic E-state index is 13.2. The molecule has 2 aromatic heterocycles. The number of pyridine rings is 1. The summed E-state index contributed by atoms with van der Waals surface area (Å²) in [6.45, 7) is 1.69. The van der Waals surface area contributed by atoms with Crippen LogP contribution < -0.4 is 5.32 Å². The molecule has 5 nitrogen and oxygen atoms in total. The number of alkyl halides is 3. The molecule has 8 heteroatoms. The Morgan fingerprint density at radius 2 is 1.93 bits per heavy atom. The molecule has 2 aliphatic carbocycles. The highest BCUT2D eigenvalue weighted by molar-refractivity contribution is 5.92. The Bertz CT molecular complexity index is 910. The lowest BCUT2D eigenvalue weighted by atomic mass is 9.80. The predicted octanol–water partition coefficient (Wildman–Crippen LogP) is 4.89. The van der Waals surface area contributed by atoms with E-state index in [1.165, 1.54) is 10.7 Å². The van der Waals surface area contributed by atoms with Gasteiger partial charge in [-0.2, -0.15) is 13.2 Å². The first-order chi connectivity index (χ1) is 13.6. The molecule has 2 saturated carbocycles. The second-order valence-corrected chi connectivity index (χ2v) is 8.70. The summed E-state index contributed by atoms with van der Waals surface area (Å²) in [7, 11) is 0. The second-order valence-electron chi connectivity index (χ2n) is 8.70. The number of rotatable bonds is 5. The van der Waals surface area contributed by atoms with Crippen LogP contribution >= 0.6 is 0 Å². The molecule has 2 aromatic rings. The zero-order valence-corrected chi connectivity index (χ0v) is 16.4. The minimum absolute atomic E-state index is 0.0521. The van der Waals surface area contributed by atoms with Crippen molar-refractivity contribution in [3.8, 4) is 0 Å². The number of nitrogens with one attached hydrogen (secondary N) is 1. The molecule has 0 radical (unpaired) electrons. The maximum absolute atomic E-state index is 13.2. The molecular weight excluding hydrogens is 383 g/mol. The fourth-order valence-electron chi connectivity index (χ4n) is 4.63. The molecule has 0 spiro atoms. The summed E-state index contributed by atoms with van der Waals surface area (Å²) in [5.41, 5.74) is -0.786. The molecule has 29 heavy (non-hydrogen) atoms. The van der Waals surface area contributed by atoms with E-state index in [0.717, 1.165) is 57.1 Å². The molecule has 0 aliphatic heterocycles. The Morgan fingerprint density at radius 3 is 2.52 bits per heavy atom. The Balaban J connectivity index is 1.61. The van der Waals surface area contributed by atoms with Gasteiger partial charge in [0.25, 0.3) is 0 Å². The van der Waals surface area contributed by atoms with Crippen molar-refractivity contribution in [2.45, 2.75) is 76.0 Å². The minimum Gasteiger partial charge on any atom is -0.389 e. The SMILES string of the molecule is CC(O)(CC(=O)Nc1nn2ccc(C(F)(F)F)cc2c1C1CCC1)C1CCCC1. The van der Waals surface area contributed by atoms with Gasteiger partial charge in [-0.15, -0.1) is 5.10 Å². The summed E-state index contributed by atoms with van der Waals surface area (Å²) < 4.78 is 40.9. The second kappa shape index (κ2) is 7.31. The number of carbonyl (C=O) groups is 1. The van der Waals surface area contributed by atoms with Gasteiger partial charge in [-0.1, -0.05) is 19.3 Å². The number of nitrogens with zero attached hydrogens (tertiary/aromatic N) is 2. The van der Waals surface area contributed by atoms with Crippen molar-refractivity contribution in [3.63, 3.8) is 0 Å². The smallest absolute Gasteiger partial charge is 0.389 e. The highest BCUT2D eigenvalue weighted by Gasteiger charge is 2.37. The molecular formula is C21H26F3N3O2. The topological polar surface area (TPSA) is 66.6 Å². The van der Waals surface area contributed by atoms with Gasteiger partial charge in [0, 0.05) is 11.8 Å². The number of amides is 1. The Hall–Kier alpha value is -2.09. The molecule has 1 unspecified atom stereocenters. The van der Waals surface area contributed by atoms with E-state index in [1.807, 2.05) is 0 Å². The van der Waals surface area contributed by atoms with Crippen LogP contribution in [0.2, 0.25) is 0 Å². The normalized spacial score (nSPS) is 20.6. The van der Waals surface area contributed by atoms with Gasteiger partial charge in [-0.25, -0.2) is 4.52 Å². The quantitative estimate of drug-likeness (QED) is 0.739. The highest BCUT2D eigenvalue weighted by atomic mass is 19.4. The van der Waals surface area contributed by atoms with Crippen LogP contribution in [-0.4, -0.2) is 26.2 Å². The number of aromatic nitrogens is 2. The lowest BCUT2D eigenvalue weighted by molar-refractivity contribution is -0.137. The summed E-state index contributed by atoms with van der Waals surface area (Å²) in [5, 5.41) is 17.9. The summed E-state index contributed by atoms with van der Waals surface area (Å²) in [6, 6.07) is 2.09. The van der Waals surface area contributed by atoms with Gasteiger partial charge in [0.15, 0.2) is 5.82 Å². The maximum Gasteiger partial charge on any atom is 0.416 e. The van der Waals surface area contributed by atoms with E-state index >= 15 is 0 Å². The summed E-state index contributed by atoms with van der Waals surface area (Å²) in [5.74, 6) is 0.125. The Labute approximate surface area is 167 Å². The van der Waals surface area contributed by atoms with E-state index in [1.54, 1.807) is 6.92 Å². The largest absolute Gasteiger partial charge is 0.416 e. The van der Waals surface area contributed by atoms with Gasteiger partial charge in [0.05, 0.1) is 23.1 Å². The molecule has 0 aromatic carbocycles. The molecule has 4 rings (SSSR count). The van der Waals surface area contributed by atoms with E-state index in [2.05, 4.69) is 10.4 Å². The Kier molecular flexibility index (Phi) is 5.09. The summed E-state index contributed by atoms with van der Waals surface area (Å²) in [4.78, 5) is 12.7. The molecule has 2 N–H and O–H groups in total. The van der Waals surface area contributed by atoms with Crippen LogP contribution in [0.3, 0.4) is 0 Å². The monoisotopic (exact) mass is 409 g/mol. The first-order valence-electron chi connectivity index (χ1n) is 10.3. The van der Waals surface area contributed by atoms with Crippen LogP contribution in [0.25, 0.3) is 5.52 Å². The molecule has 1 amide bonds. The highest BCUT2D eigenvalue weighted by Crippen LogP contribution is 2.43. The van der Waals surface area contributed by atoms with Crippen LogP contribution in [0.1, 0.15) is 75.3 Å². The average Bonchev–Trinajstić information content (AvgIpc) is 3.21. The van der Waals surface area contributed by atoms with Gasteiger partial charge in [0.2, 0.25) is 5.91 Å². The van der Waals surface area contributed by atoms with E-state index in [-0.39, 0.29) is 24.2 Å². The van der Waals surface area contributed by atoms with Crippen LogP contribution in [-0.2, 0) is 11.0 Å². The van der Waals surface area contributed by atoms with Crippen molar-refractivity contribution in [2.75, 3.05) is 5.32 Å². The molecule has 1 atom stereocenters. The van der Waals surface area contributed by atoms with Crippen molar-refractivity contribution < 1.29 is 23.1 Å². The predicted molar refractivity (Wildman–Crippen MR) is 103 cm³/mol. The van der Waals surface area contributed by atoms with Gasteiger partial charge >= 0.3 is 6.18 Å². The first-order valence-corrected chi connectivity index (χ1v) is 10.3. The van der Waals surface area contributed by atoms with Gasteiger partial charge in [0.1, 0.15) is 0 Å². The minimum atomic E-state index is -4.44. The van der Waals surface area contributed by atoms with Gasteiger partial charge in [-0.05, 0) is 56.6 Å². The number of hydrogen-bond acceptors (Lipinski definition) is 3. The van der Waals surface area contributed by atoms with Gasteiger partial charge in [-0.3, -0.25) is 4.79 Å². The van der Waals surface area contributed by atoms with Crippen LogP contribution in [0.4, 0.5) is 19.0 Å². The van der Waals surface area contributed by atoms with Crippen molar-refractivity contribution >= 4 is 17.2 Å². The van der Waals surface area contributed by atoms with Crippen LogP contribution in [0.15, 0.2) is 18.3 Å². The van der Waals surface area contributed by atoms with E-state index in [9.17, 15) is 23.1 Å². The molecule has 158 valence electrons. The van der Waals surface area contributed by atoms with Crippen molar-refractivity contribution in [3.05, 3.63) is 29.5 Å². The number of anilines is 1. The fraction of sp³-hybridized carbons (Fsp3) is 0.619. The number of carbonyl (C=O) groups excluding carboxylic acids is 1. The number of aliphatic hydroxyl groups is 1. The summed E-state index contributed by atoms with van der Waals surface area (Å²) in [6.07, 6.45) is 3.44. The van der Waals surface area contributed by atoms with Crippen molar-refractivity contribution in [1.82, 2.24) is 9.61 Å². The third-order valence-corrected chi connectivity index (χ3v) is 6.52. The zero-order chi connectivity index (χ0) is 20.8. The Morgan fingerprint density at radius 1 is 1.24 bits per heavy atom. The number of hydrogen-bond donors (Lipinski definition) is 2. The number of fused-ring (bicyclic) bond motifs is 1. The van der Waals surface area contributed by atoms with E-state index in [4.69, 9.17) is 0 Å².